The van der Waals surface area contributed by atoms with Gasteiger partial charge < -0.3 is 9.84 Å². The number of hydrogen-bond donors (Lipinski definition) is 1. The highest BCUT2D eigenvalue weighted by Gasteiger charge is 2.26. The van der Waals surface area contributed by atoms with Crippen LogP contribution in [0.25, 0.3) is 0 Å². The third kappa shape index (κ3) is 4.60. The average molecular weight is 266 g/mol. The highest BCUT2D eigenvalue weighted by molar-refractivity contribution is 5.90. The monoisotopic (exact) mass is 266 g/mol. The Morgan fingerprint density at radius 2 is 2.00 bits per heavy atom. The fraction of sp³-hybridized carbons (Fsp3) is 0.364. The van der Waals surface area contributed by atoms with Gasteiger partial charge in [-0.15, -0.1) is 0 Å². The summed E-state index contributed by atoms with van der Waals surface area (Å²) in [6.07, 6.45) is -5.59. The number of ether oxygens (including phenoxy) is 1. The van der Waals surface area contributed by atoms with E-state index in [1.165, 1.54) is 0 Å². The Morgan fingerprint density at radius 1 is 1.33 bits per heavy atom. The van der Waals surface area contributed by atoms with Gasteiger partial charge in [0.05, 0.1) is 6.61 Å². The van der Waals surface area contributed by atoms with Crippen LogP contribution in [-0.4, -0.2) is 23.9 Å². The third-order valence-electron chi connectivity index (χ3n) is 2.03. The normalized spacial score (nSPS) is 11.3. The minimum atomic E-state index is -4.28. The number of carbonyl (C=O) groups is 1. The van der Waals surface area contributed by atoms with Gasteiger partial charge in [-0.3, -0.25) is 0 Å². The van der Waals surface area contributed by atoms with E-state index in [2.05, 4.69) is 0 Å². The Morgan fingerprint density at radius 3 is 2.56 bits per heavy atom. The fourth-order valence-corrected chi connectivity index (χ4v) is 1.25. The summed E-state index contributed by atoms with van der Waals surface area (Å²) in [7, 11) is 0. The molecule has 7 heteroatoms. The largest absolute Gasteiger partial charge is 0.493 e. The van der Waals surface area contributed by atoms with Crippen LogP contribution in [0.5, 0.6) is 5.75 Å². The maximum absolute atomic E-state index is 12.8. The van der Waals surface area contributed by atoms with Crippen molar-refractivity contribution in [2.75, 3.05) is 6.61 Å². The molecule has 0 amide bonds. The molecule has 0 saturated heterocycles. The Bertz CT molecular complexity index is 429. The second-order valence-corrected chi connectivity index (χ2v) is 3.51. The molecular formula is C11H10F4O3. The van der Waals surface area contributed by atoms with Crippen LogP contribution in [0.15, 0.2) is 18.2 Å². The lowest BCUT2D eigenvalue weighted by Gasteiger charge is -2.10. The summed E-state index contributed by atoms with van der Waals surface area (Å²) in [4.78, 5) is 10.7. The first kappa shape index (κ1) is 14.3. The fourth-order valence-electron chi connectivity index (χ4n) is 1.25. The molecule has 1 rings (SSSR count). The van der Waals surface area contributed by atoms with Gasteiger partial charge in [-0.1, -0.05) is 0 Å². The molecule has 0 aliphatic rings. The molecule has 0 saturated carbocycles. The van der Waals surface area contributed by atoms with E-state index in [-0.39, 0.29) is 18.8 Å². The standard InChI is InChI=1S/C11H10F4O3/c12-7-2-3-9(8(6-7)10(16)17)18-5-1-4-11(13,14)15/h2-3,6H,1,4-5H2,(H,16,17). The predicted octanol–water partition coefficient (Wildman–Crippen LogP) is 3.25. The molecule has 0 bridgehead atoms. The van der Waals surface area contributed by atoms with Gasteiger partial charge in [0.15, 0.2) is 0 Å². The molecule has 1 aromatic rings. The first-order chi connectivity index (χ1) is 8.29. The van der Waals surface area contributed by atoms with Crippen molar-refractivity contribution in [3.8, 4) is 5.75 Å². The molecule has 0 aliphatic carbocycles. The summed E-state index contributed by atoms with van der Waals surface area (Å²) in [5.41, 5.74) is -0.415. The van der Waals surface area contributed by atoms with E-state index in [1.54, 1.807) is 0 Å². The van der Waals surface area contributed by atoms with Crippen LogP contribution < -0.4 is 4.74 Å². The number of carboxylic acids is 1. The molecule has 0 aliphatic heterocycles. The lowest BCUT2D eigenvalue weighted by Crippen LogP contribution is -2.11. The van der Waals surface area contributed by atoms with Gasteiger partial charge in [-0.25, -0.2) is 9.18 Å². The first-order valence-corrected chi connectivity index (χ1v) is 5.02. The maximum Gasteiger partial charge on any atom is 0.389 e. The van der Waals surface area contributed by atoms with Crippen molar-refractivity contribution < 1.29 is 32.2 Å². The molecule has 1 N–H and O–H groups in total. The Labute approximate surface area is 100.0 Å². The topological polar surface area (TPSA) is 46.5 Å². The zero-order valence-corrected chi connectivity index (χ0v) is 9.13. The van der Waals surface area contributed by atoms with Crippen LogP contribution >= 0.6 is 0 Å². The maximum atomic E-state index is 12.8. The summed E-state index contributed by atoms with van der Waals surface area (Å²) in [5.74, 6) is -2.30. The van der Waals surface area contributed by atoms with Gasteiger partial charge in [-0.2, -0.15) is 13.2 Å². The van der Waals surface area contributed by atoms with Crippen LogP contribution in [0.3, 0.4) is 0 Å². The molecule has 0 unspecified atom stereocenters. The van der Waals surface area contributed by atoms with E-state index in [9.17, 15) is 22.4 Å². The van der Waals surface area contributed by atoms with E-state index in [4.69, 9.17) is 9.84 Å². The molecule has 0 heterocycles. The zero-order valence-electron chi connectivity index (χ0n) is 9.13. The van der Waals surface area contributed by atoms with Crippen molar-refractivity contribution in [1.29, 1.82) is 0 Å². The Hall–Kier alpha value is -1.79. The number of hydrogen-bond acceptors (Lipinski definition) is 2. The van der Waals surface area contributed by atoms with E-state index < -0.39 is 29.9 Å². The van der Waals surface area contributed by atoms with Crippen molar-refractivity contribution in [3.05, 3.63) is 29.6 Å². The number of aromatic carboxylic acids is 1. The Balaban J connectivity index is 2.59. The van der Waals surface area contributed by atoms with Crippen molar-refractivity contribution in [2.45, 2.75) is 19.0 Å². The van der Waals surface area contributed by atoms with Crippen molar-refractivity contribution >= 4 is 5.97 Å². The molecule has 0 radical (unpaired) electrons. The third-order valence-corrected chi connectivity index (χ3v) is 2.03. The minimum absolute atomic E-state index is 0.147. The lowest BCUT2D eigenvalue weighted by molar-refractivity contribution is -0.136. The van der Waals surface area contributed by atoms with Gasteiger partial charge in [-0.05, 0) is 24.6 Å². The van der Waals surface area contributed by atoms with E-state index in [0.29, 0.717) is 0 Å². The molecule has 18 heavy (non-hydrogen) atoms. The average Bonchev–Trinajstić information content (AvgIpc) is 2.24. The molecule has 3 nitrogen and oxygen atoms in total. The van der Waals surface area contributed by atoms with Crippen molar-refractivity contribution in [2.24, 2.45) is 0 Å². The van der Waals surface area contributed by atoms with Gasteiger partial charge in [0.2, 0.25) is 0 Å². The number of carboxylic acid groups (broad SMARTS) is 1. The van der Waals surface area contributed by atoms with Crippen LogP contribution in [0.4, 0.5) is 17.6 Å². The second-order valence-electron chi connectivity index (χ2n) is 3.51. The zero-order chi connectivity index (χ0) is 13.8. The first-order valence-electron chi connectivity index (χ1n) is 5.02. The smallest absolute Gasteiger partial charge is 0.389 e. The molecule has 100 valence electrons. The predicted molar refractivity (Wildman–Crippen MR) is 54.1 cm³/mol. The van der Waals surface area contributed by atoms with Gasteiger partial charge in [0, 0.05) is 6.42 Å². The molecule has 0 fully saturated rings. The molecule has 0 atom stereocenters. The lowest BCUT2D eigenvalue weighted by atomic mass is 10.2. The van der Waals surface area contributed by atoms with Crippen LogP contribution in [-0.2, 0) is 0 Å². The van der Waals surface area contributed by atoms with Gasteiger partial charge in [0.25, 0.3) is 0 Å². The van der Waals surface area contributed by atoms with E-state index in [0.717, 1.165) is 18.2 Å². The van der Waals surface area contributed by atoms with Crippen molar-refractivity contribution in [1.82, 2.24) is 0 Å². The van der Waals surface area contributed by atoms with Gasteiger partial charge >= 0.3 is 12.1 Å². The highest BCUT2D eigenvalue weighted by Crippen LogP contribution is 2.23. The highest BCUT2D eigenvalue weighted by atomic mass is 19.4. The number of halogens is 4. The SMILES string of the molecule is O=C(O)c1cc(F)ccc1OCCCC(F)(F)F. The van der Waals surface area contributed by atoms with Crippen LogP contribution in [0.1, 0.15) is 23.2 Å². The minimum Gasteiger partial charge on any atom is -0.493 e. The van der Waals surface area contributed by atoms with Crippen LogP contribution in [0.2, 0.25) is 0 Å². The molecule has 0 aromatic heterocycles. The van der Waals surface area contributed by atoms with E-state index >= 15 is 0 Å². The number of rotatable bonds is 5. The van der Waals surface area contributed by atoms with Gasteiger partial charge in [0.1, 0.15) is 17.1 Å². The summed E-state index contributed by atoms with van der Waals surface area (Å²) in [5, 5.41) is 8.75. The molecule has 0 spiro atoms. The van der Waals surface area contributed by atoms with E-state index in [1.807, 2.05) is 0 Å². The summed E-state index contributed by atoms with van der Waals surface area (Å²) >= 11 is 0. The molecule has 1 aromatic carbocycles. The number of benzene rings is 1. The number of alkyl halides is 3. The van der Waals surface area contributed by atoms with Crippen molar-refractivity contribution in [3.63, 3.8) is 0 Å². The van der Waals surface area contributed by atoms with Crippen LogP contribution in [0, 0.1) is 5.82 Å². The molecular weight excluding hydrogens is 256 g/mol. The summed E-state index contributed by atoms with van der Waals surface area (Å²) in [6.45, 7) is -0.286. The summed E-state index contributed by atoms with van der Waals surface area (Å²) < 4.78 is 53.2. The second kappa shape index (κ2) is 5.70. The summed E-state index contributed by atoms with van der Waals surface area (Å²) in [6, 6.07) is 2.80. The quantitative estimate of drug-likeness (QED) is 0.657. The Kier molecular flexibility index (Phi) is 4.52.